The lowest BCUT2D eigenvalue weighted by Gasteiger charge is -2.09. The lowest BCUT2D eigenvalue weighted by molar-refractivity contribution is -0.385. The zero-order valence-electron chi connectivity index (χ0n) is 7.31. The number of nitrogens with two attached hydrogens (primary N) is 2. The van der Waals surface area contributed by atoms with Crippen LogP contribution in [0.2, 0.25) is 0 Å². The first-order chi connectivity index (χ1) is 6.56. The fourth-order valence-electron chi connectivity index (χ4n) is 1.06. The van der Waals surface area contributed by atoms with Gasteiger partial charge in [-0.3, -0.25) is 10.1 Å². The van der Waals surface area contributed by atoms with Crippen LogP contribution in [0, 0.1) is 15.9 Å². The number of hydrogen-bond donors (Lipinski definition) is 2. The van der Waals surface area contributed by atoms with E-state index in [0.717, 1.165) is 6.07 Å². The third kappa shape index (κ3) is 2.04. The largest absolute Gasteiger partial charge is 0.329 e. The molecule has 4 N–H and O–H groups in total. The van der Waals surface area contributed by atoms with Gasteiger partial charge in [-0.2, -0.15) is 0 Å². The molecule has 1 aromatic carbocycles. The summed E-state index contributed by atoms with van der Waals surface area (Å²) in [5.41, 5.74) is 10.6. The average Bonchev–Trinajstić information content (AvgIpc) is 2.16. The molecule has 14 heavy (non-hydrogen) atoms. The Bertz CT molecular complexity index is 356. The maximum atomic E-state index is 13.2. The van der Waals surface area contributed by atoms with Crippen molar-refractivity contribution in [3.63, 3.8) is 0 Å². The van der Waals surface area contributed by atoms with Crippen LogP contribution in [0.4, 0.5) is 10.1 Å². The predicted octanol–water partition coefficient (Wildman–Crippen LogP) is 0.692. The summed E-state index contributed by atoms with van der Waals surface area (Å²) in [6, 6.07) is 2.69. The van der Waals surface area contributed by atoms with Crippen LogP contribution in [0.5, 0.6) is 0 Å². The van der Waals surface area contributed by atoms with Crippen LogP contribution in [-0.2, 0) is 0 Å². The van der Waals surface area contributed by atoms with Gasteiger partial charge >= 0.3 is 0 Å². The molecule has 6 heteroatoms. The number of non-ortho nitro benzene ring substituents is 1. The maximum Gasteiger partial charge on any atom is 0.272 e. The van der Waals surface area contributed by atoms with Gasteiger partial charge in [0.1, 0.15) is 5.82 Å². The van der Waals surface area contributed by atoms with Gasteiger partial charge in [0, 0.05) is 24.2 Å². The second-order valence-electron chi connectivity index (χ2n) is 2.81. The second kappa shape index (κ2) is 4.12. The first-order valence-electron chi connectivity index (χ1n) is 3.95. The second-order valence-corrected chi connectivity index (χ2v) is 2.81. The average molecular weight is 199 g/mol. The SMILES string of the molecule is NC[C@H](N)c1ccc([N+](=O)[O-])cc1F. The van der Waals surface area contributed by atoms with Crippen molar-refractivity contribution in [1.82, 2.24) is 0 Å². The number of hydrogen-bond acceptors (Lipinski definition) is 4. The van der Waals surface area contributed by atoms with E-state index in [1.54, 1.807) is 0 Å². The molecule has 0 amide bonds. The minimum Gasteiger partial charge on any atom is -0.329 e. The van der Waals surface area contributed by atoms with E-state index in [4.69, 9.17) is 11.5 Å². The molecule has 1 aromatic rings. The third-order valence-electron chi connectivity index (χ3n) is 1.85. The van der Waals surface area contributed by atoms with Gasteiger partial charge in [0.15, 0.2) is 0 Å². The minimum absolute atomic E-state index is 0.0920. The standard InChI is InChI=1S/C8H10FN3O2/c9-7-3-5(12(13)14)1-2-6(7)8(11)4-10/h1-3,8H,4,10-11H2/t8-/m0/s1. The first kappa shape index (κ1) is 10.6. The van der Waals surface area contributed by atoms with E-state index in [2.05, 4.69) is 0 Å². The van der Waals surface area contributed by atoms with E-state index in [-0.39, 0.29) is 17.8 Å². The van der Waals surface area contributed by atoms with Gasteiger partial charge in [0.2, 0.25) is 0 Å². The van der Waals surface area contributed by atoms with Gasteiger partial charge in [-0.1, -0.05) is 0 Å². The number of nitro groups is 1. The Labute approximate surface area is 79.7 Å². The van der Waals surface area contributed by atoms with E-state index < -0.39 is 16.8 Å². The normalized spacial score (nSPS) is 12.5. The highest BCUT2D eigenvalue weighted by molar-refractivity contribution is 5.35. The molecular formula is C8H10FN3O2. The van der Waals surface area contributed by atoms with E-state index in [1.165, 1.54) is 12.1 Å². The Morgan fingerprint density at radius 2 is 2.21 bits per heavy atom. The summed E-state index contributed by atoms with van der Waals surface area (Å²) in [5, 5.41) is 10.3. The van der Waals surface area contributed by atoms with Gasteiger partial charge in [-0.25, -0.2) is 4.39 Å². The van der Waals surface area contributed by atoms with Crippen LogP contribution in [0.3, 0.4) is 0 Å². The monoisotopic (exact) mass is 199 g/mol. The molecule has 5 nitrogen and oxygen atoms in total. The van der Waals surface area contributed by atoms with Crippen molar-refractivity contribution in [2.24, 2.45) is 11.5 Å². The van der Waals surface area contributed by atoms with Crippen LogP contribution in [0.15, 0.2) is 18.2 Å². The lowest BCUT2D eigenvalue weighted by atomic mass is 10.1. The van der Waals surface area contributed by atoms with Crippen LogP contribution in [0.1, 0.15) is 11.6 Å². The first-order valence-corrected chi connectivity index (χ1v) is 3.95. The predicted molar refractivity (Wildman–Crippen MR) is 49.0 cm³/mol. The highest BCUT2D eigenvalue weighted by Crippen LogP contribution is 2.19. The molecule has 1 atom stereocenters. The van der Waals surface area contributed by atoms with Crippen molar-refractivity contribution in [2.45, 2.75) is 6.04 Å². The summed E-state index contributed by atoms with van der Waals surface area (Å²) >= 11 is 0. The van der Waals surface area contributed by atoms with Gasteiger partial charge in [0.05, 0.1) is 11.0 Å². The summed E-state index contributed by atoms with van der Waals surface area (Å²) in [5.74, 6) is -0.697. The summed E-state index contributed by atoms with van der Waals surface area (Å²) in [6.07, 6.45) is 0. The maximum absolute atomic E-state index is 13.2. The zero-order valence-corrected chi connectivity index (χ0v) is 7.31. The molecule has 0 saturated heterocycles. The summed E-state index contributed by atoms with van der Waals surface area (Å²) in [4.78, 5) is 9.62. The Balaban J connectivity index is 3.07. The van der Waals surface area contributed by atoms with Crippen LogP contribution in [-0.4, -0.2) is 11.5 Å². The van der Waals surface area contributed by atoms with E-state index >= 15 is 0 Å². The van der Waals surface area contributed by atoms with Crippen LogP contribution in [0.25, 0.3) is 0 Å². The molecule has 1 rings (SSSR count). The van der Waals surface area contributed by atoms with Gasteiger partial charge < -0.3 is 11.5 Å². The molecule has 0 spiro atoms. The quantitative estimate of drug-likeness (QED) is 0.553. The molecule has 0 aromatic heterocycles. The highest BCUT2D eigenvalue weighted by atomic mass is 19.1. The van der Waals surface area contributed by atoms with Gasteiger partial charge in [-0.05, 0) is 6.07 Å². The Morgan fingerprint density at radius 1 is 1.57 bits per heavy atom. The molecule has 0 aliphatic heterocycles. The molecule has 0 heterocycles. The Morgan fingerprint density at radius 3 is 2.64 bits per heavy atom. The summed E-state index contributed by atoms with van der Waals surface area (Å²) < 4.78 is 13.2. The third-order valence-corrected chi connectivity index (χ3v) is 1.85. The Kier molecular flexibility index (Phi) is 3.10. The molecule has 0 aliphatic carbocycles. The van der Waals surface area contributed by atoms with E-state index in [1.807, 2.05) is 0 Å². The van der Waals surface area contributed by atoms with Gasteiger partial charge in [0.25, 0.3) is 5.69 Å². The van der Waals surface area contributed by atoms with Crippen LogP contribution < -0.4 is 11.5 Å². The van der Waals surface area contributed by atoms with Crippen molar-refractivity contribution in [3.05, 3.63) is 39.7 Å². The van der Waals surface area contributed by atoms with Crippen molar-refractivity contribution in [1.29, 1.82) is 0 Å². The highest BCUT2D eigenvalue weighted by Gasteiger charge is 2.14. The molecule has 0 saturated carbocycles. The number of nitro benzene ring substituents is 1. The molecule has 0 bridgehead atoms. The smallest absolute Gasteiger partial charge is 0.272 e. The fraction of sp³-hybridized carbons (Fsp3) is 0.250. The van der Waals surface area contributed by atoms with E-state index in [9.17, 15) is 14.5 Å². The number of benzene rings is 1. The van der Waals surface area contributed by atoms with Crippen LogP contribution >= 0.6 is 0 Å². The van der Waals surface area contributed by atoms with Crippen molar-refractivity contribution in [3.8, 4) is 0 Å². The van der Waals surface area contributed by atoms with Crippen molar-refractivity contribution >= 4 is 5.69 Å². The number of rotatable bonds is 3. The lowest BCUT2D eigenvalue weighted by Crippen LogP contribution is -2.21. The summed E-state index contributed by atoms with van der Waals surface area (Å²) in [6.45, 7) is 0.0920. The molecule has 0 unspecified atom stereocenters. The summed E-state index contributed by atoms with van der Waals surface area (Å²) in [7, 11) is 0. The minimum atomic E-state index is -0.697. The molecular weight excluding hydrogens is 189 g/mol. The number of nitrogens with zero attached hydrogens (tertiary/aromatic N) is 1. The van der Waals surface area contributed by atoms with E-state index in [0.29, 0.717) is 0 Å². The molecule has 76 valence electrons. The number of halogens is 1. The molecule has 0 fully saturated rings. The van der Waals surface area contributed by atoms with Gasteiger partial charge in [-0.15, -0.1) is 0 Å². The topological polar surface area (TPSA) is 95.2 Å². The molecule has 0 radical (unpaired) electrons. The van der Waals surface area contributed by atoms with Crippen molar-refractivity contribution < 1.29 is 9.31 Å². The zero-order chi connectivity index (χ0) is 10.7. The Hall–Kier alpha value is -1.53. The molecule has 0 aliphatic rings. The van der Waals surface area contributed by atoms with Crippen molar-refractivity contribution in [2.75, 3.05) is 6.54 Å². The fourth-order valence-corrected chi connectivity index (χ4v) is 1.06.